The number of nitrogens with one attached hydrogen (secondary N) is 1. The highest BCUT2D eigenvalue weighted by Gasteiger charge is 2.27. The maximum Gasteiger partial charge on any atom is 0.257 e. The molecule has 0 spiro atoms. The number of amides is 1. The van der Waals surface area contributed by atoms with E-state index >= 15 is 0 Å². The van der Waals surface area contributed by atoms with E-state index < -0.39 is 0 Å². The Balaban J connectivity index is 1.75. The molecule has 20 heavy (non-hydrogen) atoms. The quantitative estimate of drug-likeness (QED) is 0.924. The highest BCUT2D eigenvalue weighted by atomic mass is 16.2. The molecule has 1 fully saturated rings. The van der Waals surface area contributed by atoms with Crippen LogP contribution in [0.2, 0.25) is 0 Å². The third kappa shape index (κ3) is 2.33. The molecule has 6 heteroatoms. The number of aryl methyl sites for hydroxylation is 1. The molecule has 0 unspecified atom stereocenters. The monoisotopic (exact) mass is 273 g/mol. The number of carbonyl (C=O) groups is 1. The first kappa shape index (κ1) is 12.9. The zero-order valence-electron chi connectivity index (χ0n) is 11.6. The zero-order chi connectivity index (χ0) is 13.9. The van der Waals surface area contributed by atoms with Gasteiger partial charge in [-0.05, 0) is 25.3 Å². The number of hydrogen-bond acceptors (Lipinski definition) is 3. The van der Waals surface area contributed by atoms with Gasteiger partial charge in [-0.15, -0.1) is 0 Å². The molecular formula is C14H19N5O. The Morgan fingerprint density at radius 3 is 3.20 bits per heavy atom. The molecular weight excluding hydrogens is 254 g/mol. The van der Waals surface area contributed by atoms with E-state index in [0.29, 0.717) is 5.56 Å². The topological polar surface area (TPSA) is 66.8 Å². The second-order valence-electron chi connectivity index (χ2n) is 5.15. The van der Waals surface area contributed by atoms with Gasteiger partial charge < -0.3 is 4.90 Å². The number of aromatic nitrogens is 4. The molecule has 106 valence electrons. The SMILES string of the molecule is CCc1[nH]ncc1C(=O)N1CCC[C@H](n2cccn2)C1. The number of hydrogen-bond donors (Lipinski definition) is 1. The van der Waals surface area contributed by atoms with Crippen molar-refractivity contribution in [3.8, 4) is 0 Å². The van der Waals surface area contributed by atoms with Crippen molar-refractivity contribution in [2.45, 2.75) is 32.2 Å². The number of likely N-dealkylation sites (tertiary alicyclic amines) is 1. The van der Waals surface area contributed by atoms with Gasteiger partial charge in [0.15, 0.2) is 0 Å². The molecule has 1 amide bonds. The third-order valence-electron chi connectivity index (χ3n) is 3.88. The molecule has 0 aromatic carbocycles. The smallest absolute Gasteiger partial charge is 0.257 e. The molecule has 6 nitrogen and oxygen atoms in total. The number of carbonyl (C=O) groups excluding carboxylic acids is 1. The molecule has 1 N–H and O–H groups in total. The van der Waals surface area contributed by atoms with Gasteiger partial charge in [0, 0.05) is 31.2 Å². The van der Waals surface area contributed by atoms with Crippen molar-refractivity contribution >= 4 is 5.91 Å². The first-order valence-corrected chi connectivity index (χ1v) is 7.10. The highest BCUT2D eigenvalue weighted by Crippen LogP contribution is 2.22. The fourth-order valence-electron chi connectivity index (χ4n) is 2.79. The standard InChI is InChI=1S/C14H19N5O/c1-2-13-12(9-15-17-13)14(20)18-7-3-5-11(10-18)19-8-4-6-16-19/h4,6,8-9,11H,2-3,5,7,10H2,1H3,(H,15,17)/t11-/m0/s1. The Bertz CT molecular complexity index is 574. The normalized spacial score (nSPS) is 19.2. The minimum absolute atomic E-state index is 0.0763. The Kier molecular flexibility index (Phi) is 3.54. The van der Waals surface area contributed by atoms with E-state index in [9.17, 15) is 4.79 Å². The number of aromatic amines is 1. The van der Waals surface area contributed by atoms with Crippen LogP contribution in [-0.4, -0.2) is 43.9 Å². The maximum absolute atomic E-state index is 12.6. The van der Waals surface area contributed by atoms with E-state index in [-0.39, 0.29) is 11.9 Å². The van der Waals surface area contributed by atoms with Crippen LogP contribution < -0.4 is 0 Å². The molecule has 0 bridgehead atoms. The lowest BCUT2D eigenvalue weighted by Crippen LogP contribution is -2.41. The van der Waals surface area contributed by atoms with Crippen LogP contribution in [0.4, 0.5) is 0 Å². The lowest BCUT2D eigenvalue weighted by Gasteiger charge is -2.32. The average Bonchev–Trinajstić information content (AvgIpc) is 3.17. The molecule has 2 aromatic heterocycles. The van der Waals surface area contributed by atoms with Crippen LogP contribution in [0, 0.1) is 0 Å². The fourth-order valence-corrected chi connectivity index (χ4v) is 2.79. The van der Waals surface area contributed by atoms with Crippen molar-refractivity contribution in [1.29, 1.82) is 0 Å². The van der Waals surface area contributed by atoms with Gasteiger partial charge in [0.2, 0.25) is 0 Å². The van der Waals surface area contributed by atoms with Crippen LogP contribution >= 0.6 is 0 Å². The van der Waals surface area contributed by atoms with E-state index in [1.54, 1.807) is 12.4 Å². The molecule has 1 aliphatic heterocycles. The van der Waals surface area contributed by atoms with E-state index in [2.05, 4.69) is 15.3 Å². The second kappa shape index (κ2) is 5.48. The molecule has 2 aromatic rings. The summed E-state index contributed by atoms with van der Waals surface area (Å²) in [6, 6.07) is 2.20. The fraction of sp³-hybridized carbons (Fsp3) is 0.500. The zero-order valence-corrected chi connectivity index (χ0v) is 11.6. The molecule has 1 atom stereocenters. The van der Waals surface area contributed by atoms with Crippen LogP contribution in [0.25, 0.3) is 0 Å². The summed E-state index contributed by atoms with van der Waals surface area (Å²) in [6.45, 7) is 3.55. The number of nitrogens with zero attached hydrogens (tertiary/aromatic N) is 4. The summed E-state index contributed by atoms with van der Waals surface area (Å²) < 4.78 is 1.95. The lowest BCUT2D eigenvalue weighted by atomic mass is 10.0. The van der Waals surface area contributed by atoms with Gasteiger partial charge >= 0.3 is 0 Å². The van der Waals surface area contributed by atoms with Crippen molar-refractivity contribution in [2.24, 2.45) is 0 Å². The number of H-pyrrole nitrogens is 1. The summed E-state index contributed by atoms with van der Waals surface area (Å²) in [4.78, 5) is 14.5. The second-order valence-corrected chi connectivity index (χ2v) is 5.15. The highest BCUT2D eigenvalue weighted by molar-refractivity contribution is 5.95. The minimum atomic E-state index is 0.0763. The largest absolute Gasteiger partial charge is 0.336 e. The first-order valence-electron chi connectivity index (χ1n) is 7.10. The molecule has 1 aliphatic rings. The van der Waals surface area contributed by atoms with Gasteiger partial charge in [-0.2, -0.15) is 10.2 Å². The van der Waals surface area contributed by atoms with Crippen LogP contribution in [0.5, 0.6) is 0 Å². The van der Waals surface area contributed by atoms with Crippen LogP contribution in [0.1, 0.15) is 41.9 Å². The van der Waals surface area contributed by atoms with Gasteiger partial charge in [0.1, 0.15) is 0 Å². The maximum atomic E-state index is 12.6. The van der Waals surface area contributed by atoms with E-state index in [1.165, 1.54) is 0 Å². The minimum Gasteiger partial charge on any atom is -0.336 e. The summed E-state index contributed by atoms with van der Waals surface area (Å²) in [6.07, 6.45) is 8.25. The number of rotatable bonds is 3. The first-order chi connectivity index (χ1) is 9.79. The van der Waals surface area contributed by atoms with Gasteiger partial charge in [-0.3, -0.25) is 14.6 Å². The molecule has 1 saturated heterocycles. The lowest BCUT2D eigenvalue weighted by molar-refractivity contribution is 0.0672. The summed E-state index contributed by atoms with van der Waals surface area (Å²) in [5.41, 5.74) is 1.62. The summed E-state index contributed by atoms with van der Waals surface area (Å²) in [5.74, 6) is 0.0763. The van der Waals surface area contributed by atoms with Gasteiger partial charge in [0.05, 0.1) is 17.8 Å². The van der Waals surface area contributed by atoms with Crippen molar-refractivity contribution in [2.75, 3.05) is 13.1 Å². The summed E-state index contributed by atoms with van der Waals surface area (Å²) in [5, 5.41) is 11.2. The molecule has 0 aliphatic carbocycles. The number of piperidine rings is 1. The Hall–Kier alpha value is -2.11. The Labute approximate surface area is 117 Å². The summed E-state index contributed by atoms with van der Waals surface area (Å²) in [7, 11) is 0. The summed E-state index contributed by atoms with van der Waals surface area (Å²) >= 11 is 0. The predicted octanol–water partition coefficient (Wildman–Crippen LogP) is 1.65. The van der Waals surface area contributed by atoms with Crippen molar-refractivity contribution < 1.29 is 4.79 Å². The molecule has 0 saturated carbocycles. The molecule has 3 rings (SSSR count). The molecule has 3 heterocycles. The Morgan fingerprint density at radius 2 is 2.45 bits per heavy atom. The van der Waals surface area contributed by atoms with Crippen molar-refractivity contribution in [1.82, 2.24) is 24.9 Å². The van der Waals surface area contributed by atoms with Gasteiger partial charge in [-0.25, -0.2) is 0 Å². The molecule has 0 radical (unpaired) electrons. The van der Waals surface area contributed by atoms with Crippen LogP contribution in [0.15, 0.2) is 24.7 Å². The Morgan fingerprint density at radius 1 is 1.55 bits per heavy atom. The van der Waals surface area contributed by atoms with Gasteiger partial charge in [0.25, 0.3) is 5.91 Å². The van der Waals surface area contributed by atoms with Gasteiger partial charge in [-0.1, -0.05) is 6.92 Å². The van der Waals surface area contributed by atoms with Crippen LogP contribution in [0.3, 0.4) is 0 Å². The van der Waals surface area contributed by atoms with E-state index in [0.717, 1.165) is 38.0 Å². The average molecular weight is 273 g/mol. The van der Waals surface area contributed by atoms with E-state index in [4.69, 9.17) is 0 Å². The predicted molar refractivity (Wildman–Crippen MR) is 74.4 cm³/mol. The van der Waals surface area contributed by atoms with Crippen molar-refractivity contribution in [3.05, 3.63) is 35.9 Å². The third-order valence-corrected chi connectivity index (χ3v) is 3.88. The van der Waals surface area contributed by atoms with Crippen molar-refractivity contribution in [3.63, 3.8) is 0 Å². The van der Waals surface area contributed by atoms with E-state index in [1.807, 2.05) is 28.8 Å². The van der Waals surface area contributed by atoms with Crippen LogP contribution in [-0.2, 0) is 6.42 Å².